The van der Waals surface area contributed by atoms with E-state index < -0.39 is 5.97 Å². The highest BCUT2D eigenvalue weighted by Crippen LogP contribution is 2.09. The van der Waals surface area contributed by atoms with Gasteiger partial charge in [-0.1, -0.05) is 0 Å². The number of imide groups is 1. The van der Waals surface area contributed by atoms with Gasteiger partial charge in [0.25, 0.3) is 0 Å². The van der Waals surface area contributed by atoms with Crippen LogP contribution in [0.5, 0.6) is 0 Å². The van der Waals surface area contributed by atoms with Crippen LogP contribution in [0.4, 0.5) is 4.79 Å². The minimum absolute atomic E-state index is 0.0789. The van der Waals surface area contributed by atoms with E-state index in [4.69, 9.17) is 4.74 Å². The van der Waals surface area contributed by atoms with Gasteiger partial charge in [0.15, 0.2) is 0 Å². The molecule has 8 nitrogen and oxygen atoms in total. The van der Waals surface area contributed by atoms with Crippen molar-refractivity contribution in [3.05, 3.63) is 0 Å². The van der Waals surface area contributed by atoms with Crippen LogP contribution in [-0.4, -0.2) is 78.9 Å². The highest BCUT2D eigenvalue weighted by Gasteiger charge is 2.32. The van der Waals surface area contributed by atoms with Crippen molar-refractivity contribution >= 4 is 23.8 Å². The molecular weight excluding hydrogens is 278 g/mol. The normalized spacial score (nSPS) is 14.6. The van der Waals surface area contributed by atoms with E-state index in [9.17, 15) is 19.2 Å². The number of ether oxygens (including phenoxy) is 1. The van der Waals surface area contributed by atoms with Gasteiger partial charge in [0.1, 0.15) is 13.1 Å². The third-order valence-electron chi connectivity index (χ3n) is 3.10. The molecule has 0 aromatic rings. The van der Waals surface area contributed by atoms with E-state index in [0.717, 1.165) is 4.90 Å². The van der Waals surface area contributed by atoms with Crippen LogP contribution in [0.25, 0.3) is 0 Å². The van der Waals surface area contributed by atoms with Crippen molar-refractivity contribution in [2.24, 2.45) is 0 Å². The molecule has 8 heteroatoms. The second kappa shape index (κ2) is 7.61. The summed E-state index contributed by atoms with van der Waals surface area (Å²) in [7, 11) is 3.07. The summed E-state index contributed by atoms with van der Waals surface area (Å²) in [6.07, 6.45) is 0.536. The number of hydrogen-bond acceptors (Lipinski definition) is 5. The smallest absolute Gasteiger partial charge is 0.326 e. The number of carbonyl (C=O) groups excluding carboxylic acids is 4. The zero-order chi connectivity index (χ0) is 16.0. The topological polar surface area (TPSA) is 87.2 Å². The van der Waals surface area contributed by atoms with Crippen molar-refractivity contribution in [2.75, 3.05) is 40.3 Å². The molecule has 21 heavy (non-hydrogen) atoms. The van der Waals surface area contributed by atoms with Gasteiger partial charge < -0.3 is 14.5 Å². The first-order valence-electron chi connectivity index (χ1n) is 6.81. The first-order chi connectivity index (χ1) is 9.86. The Kier molecular flexibility index (Phi) is 6.13. The lowest BCUT2D eigenvalue weighted by molar-refractivity contribution is -0.148. The second-order valence-corrected chi connectivity index (χ2v) is 4.84. The number of likely N-dealkylation sites (N-methyl/N-ethyl adjacent to an activating group) is 2. The summed E-state index contributed by atoms with van der Waals surface area (Å²) >= 11 is 0. The van der Waals surface area contributed by atoms with Crippen molar-refractivity contribution < 1.29 is 23.9 Å². The molecule has 0 aliphatic carbocycles. The highest BCUT2D eigenvalue weighted by molar-refractivity contribution is 6.01. The summed E-state index contributed by atoms with van der Waals surface area (Å²) in [6, 6.07) is -0.340. The second-order valence-electron chi connectivity index (χ2n) is 4.84. The predicted octanol–water partition coefficient (Wildman–Crippen LogP) is -0.318. The van der Waals surface area contributed by atoms with Gasteiger partial charge >= 0.3 is 12.0 Å². The molecule has 1 fully saturated rings. The summed E-state index contributed by atoms with van der Waals surface area (Å²) in [5.41, 5.74) is 0. The molecule has 0 atom stereocenters. The third kappa shape index (κ3) is 4.73. The first kappa shape index (κ1) is 16.9. The van der Waals surface area contributed by atoms with Gasteiger partial charge in [-0.15, -0.1) is 0 Å². The van der Waals surface area contributed by atoms with Gasteiger partial charge in [0.2, 0.25) is 11.8 Å². The van der Waals surface area contributed by atoms with Crippen LogP contribution in [0.2, 0.25) is 0 Å². The fraction of sp³-hybridized carbons (Fsp3) is 0.692. The van der Waals surface area contributed by atoms with Gasteiger partial charge in [-0.3, -0.25) is 19.3 Å². The van der Waals surface area contributed by atoms with Gasteiger partial charge in [0, 0.05) is 27.1 Å². The fourth-order valence-corrected chi connectivity index (χ4v) is 1.96. The van der Waals surface area contributed by atoms with Crippen LogP contribution in [0.1, 0.15) is 19.8 Å². The molecule has 0 spiro atoms. The Bertz CT molecular complexity index is 438. The lowest BCUT2D eigenvalue weighted by Crippen LogP contribution is -2.35. The Morgan fingerprint density at radius 2 is 2.00 bits per heavy atom. The van der Waals surface area contributed by atoms with Gasteiger partial charge in [-0.05, 0) is 13.3 Å². The number of amides is 4. The maximum absolute atomic E-state index is 11.8. The van der Waals surface area contributed by atoms with Gasteiger partial charge in [-0.25, -0.2) is 4.79 Å². The van der Waals surface area contributed by atoms with Crippen molar-refractivity contribution in [1.82, 2.24) is 14.7 Å². The summed E-state index contributed by atoms with van der Waals surface area (Å²) < 4.78 is 4.75. The number of urea groups is 1. The van der Waals surface area contributed by atoms with Crippen LogP contribution in [0, 0.1) is 0 Å². The first-order valence-corrected chi connectivity index (χ1v) is 6.81. The van der Waals surface area contributed by atoms with E-state index in [1.165, 1.54) is 16.8 Å². The maximum Gasteiger partial charge on any atom is 0.326 e. The van der Waals surface area contributed by atoms with Crippen molar-refractivity contribution in [3.63, 3.8) is 0 Å². The van der Waals surface area contributed by atoms with Crippen LogP contribution < -0.4 is 0 Å². The summed E-state index contributed by atoms with van der Waals surface area (Å²) in [5.74, 6) is -0.940. The van der Waals surface area contributed by atoms with E-state index in [0.29, 0.717) is 6.42 Å². The maximum atomic E-state index is 11.8. The number of esters is 1. The molecule has 0 N–H and O–H groups in total. The Balaban J connectivity index is 2.32. The Labute approximate surface area is 123 Å². The Hall–Kier alpha value is -2.12. The minimum Gasteiger partial charge on any atom is -0.465 e. The highest BCUT2D eigenvalue weighted by atomic mass is 16.5. The SMILES string of the molecule is CCOC(=O)CN(C)C(=O)CCCN1C(=O)CN(C)C1=O. The van der Waals surface area contributed by atoms with E-state index in [2.05, 4.69) is 0 Å². The average molecular weight is 299 g/mol. The summed E-state index contributed by atoms with van der Waals surface area (Å²) in [4.78, 5) is 49.9. The Morgan fingerprint density at radius 1 is 1.33 bits per heavy atom. The molecule has 0 radical (unpaired) electrons. The molecule has 0 unspecified atom stereocenters. The molecule has 118 valence electrons. The van der Waals surface area contributed by atoms with Crippen LogP contribution in [0.15, 0.2) is 0 Å². The zero-order valence-electron chi connectivity index (χ0n) is 12.6. The quantitative estimate of drug-likeness (QED) is 0.475. The summed E-state index contributed by atoms with van der Waals surface area (Å²) in [6.45, 7) is 2.15. The van der Waals surface area contributed by atoms with Crippen LogP contribution in [-0.2, 0) is 19.1 Å². The van der Waals surface area contributed by atoms with E-state index in [-0.39, 0.29) is 50.5 Å². The monoisotopic (exact) mass is 299 g/mol. The van der Waals surface area contributed by atoms with Gasteiger partial charge in [-0.2, -0.15) is 0 Å². The van der Waals surface area contributed by atoms with Crippen molar-refractivity contribution in [1.29, 1.82) is 0 Å². The van der Waals surface area contributed by atoms with E-state index in [1.807, 2.05) is 0 Å². The van der Waals surface area contributed by atoms with Crippen LogP contribution in [0.3, 0.4) is 0 Å². The molecule has 1 aliphatic rings. The zero-order valence-corrected chi connectivity index (χ0v) is 12.6. The molecule has 0 saturated carbocycles. The Morgan fingerprint density at radius 3 is 2.52 bits per heavy atom. The predicted molar refractivity (Wildman–Crippen MR) is 73.2 cm³/mol. The molecule has 0 aromatic heterocycles. The van der Waals surface area contributed by atoms with Crippen molar-refractivity contribution in [3.8, 4) is 0 Å². The summed E-state index contributed by atoms with van der Waals surface area (Å²) in [5, 5.41) is 0. The number of nitrogens with zero attached hydrogens (tertiary/aromatic N) is 3. The molecule has 1 aliphatic heterocycles. The minimum atomic E-state index is -0.458. The molecule has 1 heterocycles. The van der Waals surface area contributed by atoms with Crippen LogP contribution >= 0.6 is 0 Å². The van der Waals surface area contributed by atoms with Gasteiger partial charge in [0.05, 0.1) is 6.61 Å². The molecule has 0 aromatic carbocycles. The number of carbonyl (C=O) groups is 4. The lowest BCUT2D eigenvalue weighted by Gasteiger charge is -2.17. The third-order valence-corrected chi connectivity index (χ3v) is 3.10. The molecular formula is C13H21N3O5. The molecule has 4 amide bonds. The van der Waals surface area contributed by atoms with E-state index >= 15 is 0 Å². The fourth-order valence-electron chi connectivity index (χ4n) is 1.96. The molecule has 1 rings (SSSR count). The lowest BCUT2D eigenvalue weighted by atomic mass is 10.2. The largest absolute Gasteiger partial charge is 0.465 e. The number of rotatable bonds is 7. The average Bonchev–Trinajstić information content (AvgIpc) is 2.65. The van der Waals surface area contributed by atoms with Crippen molar-refractivity contribution in [2.45, 2.75) is 19.8 Å². The standard InChI is InChI=1S/C13H21N3O5/c1-4-21-12(19)9-14(2)10(17)6-5-7-16-11(18)8-15(3)13(16)20/h4-9H2,1-3H3. The molecule has 0 bridgehead atoms. The molecule has 1 saturated heterocycles. The number of hydrogen-bond donors (Lipinski definition) is 0. The van der Waals surface area contributed by atoms with E-state index in [1.54, 1.807) is 14.0 Å².